The second kappa shape index (κ2) is 7.72. The molecule has 2 heterocycles. The molecule has 2 aliphatic heterocycles. The first-order chi connectivity index (χ1) is 12.3. The molecule has 4 aliphatic rings. The SMILES string of the molecule is CC(C)(C)OC1C[C@@H]2C=C(C=O)C[C@@H]2O1.O=CC1=C[C@H]2CC(O)O[C@H]2C1. The van der Waals surface area contributed by atoms with E-state index in [1.54, 1.807) is 0 Å². The van der Waals surface area contributed by atoms with Crippen LogP contribution >= 0.6 is 0 Å². The number of fused-ring (bicyclic) bond motifs is 2. The average molecular weight is 364 g/mol. The van der Waals surface area contributed by atoms with Gasteiger partial charge in [0.15, 0.2) is 12.6 Å². The minimum Gasteiger partial charge on any atom is -0.368 e. The van der Waals surface area contributed by atoms with Crippen molar-refractivity contribution in [2.24, 2.45) is 11.8 Å². The van der Waals surface area contributed by atoms with Crippen molar-refractivity contribution >= 4 is 12.6 Å². The van der Waals surface area contributed by atoms with Gasteiger partial charge in [0.1, 0.15) is 12.6 Å². The third-order valence-corrected chi connectivity index (χ3v) is 5.07. The smallest absolute Gasteiger partial charge is 0.159 e. The minimum absolute atomic E-state index is 0.0604. The van der Waals surface area contributed by atoms with E-state index in [-0.39, 0.29) is 30.0 Å². The van der Waals surface area contributed by atoms with Gasteiger partial charge in [-0.2, -0.15) is 0 Å². The van der Waals surface area contributed by atoms with Gasteiger partial charge in [0, 0.05) is 37.5 Å². The van der Waals surface area contributed by atoms with Gasteiger partial charge < -0.3 is 19.3 Å². The van der Waals surface area contributed by atoms with Gasteiger partial charge in [-0.15, -0.1) is 0 Å². The summed E-state index contributed by atoms with van der Waals surface area (Å²) in [5.74, 6) is 0.641. The predicted molar refractivity (Wildman–Crippen MR) is 94.1 cm³/mol. The molecule has 0 radical (unpaired) electrons. The quantitative estimate of drug-likeness (QED) is 0.774. The third-order valence-electron chi connectivity index (χ3n) is 5.07. The van der Waals surface area contributed by atoms with Gasteiger partial charge in [-0.25, -0.2) is 0 Å². The van der Waals surface area contributed by atoms with Crippen molar-refractivity contribution in [2.75, 3.05) is 0 Å². The molecule has 6 nitrogen and oxygen atoms in total. The Labute approximate surface area is 154 Å². The van der Waals surface area contributed by atoms with Gasteiger partial charge in [-0.3, -0.25) is 9.59 Å². The molecule has 144 valence electrons. The van der Waals surface area contributed by atoms with E-state index in [1.807, 2.05) is 32.9 Å². The molecule has 6 atom stereocenters. The van der Waals surface area contributed by atoms with Crippen LogP contribution in [-0.2, 0) is 23.8 Å². The highest BCUT2D eigenvalue weighted by Crippen LogP contribution is 2.38. The molecule has 6 heteroatoms. The Kier molecular flexibility index (Phi) is 5.77. The third kappa shape index (κ3) is 4.68. The fourth-order valence-electron chi connectivity index (χ4n) is 4.01. The molecule has 0 aromatic heterocycles. The number of carbonyl (C=O) groups excluding carboxylic acids is 2. The normalized spacial score (nSPS) is 38.0. The van der Waals surface area contributed by atoms with Crippen molar-refractivity contribution in [3.05, 3.63) is 23.3 Å². The van der Waals surface area contributed by atoms with E-state index in [4.69, 9.17) is 19.3 Å². The van der Waals surface area contributed by atoms with Crippen molar-refractivity contribution in [1.29, 1.82) is 0 Å². The molecular weight excluding hydrogens is 336 g/mol. The minimum atomic E-state index is -0.616. The van der Waals surface area contributed by atoms with E-state index >= 15 is 0 Å². The summed E-state index contributed by atoms with van der Waals surface area (Å²) in [6, 6.07) is 0. The van der Waals surface area contributed by atoms with Crippen molar-refractivity contribution < 1.29 is 28.9 Å². The van der Waals surface area contributed by atoms with Gasteiger partial charge in [-0.1, -0.05) is 12.2 Å². The summed E-state index contributed by atoms with van der Waals surface area (Å²) in [6.07, 6.45) is 8.18. The fourth-order valence-corrected chi connectivity index (χ4v) is 4.01. The molecule has 0 bridgehead atoms. The van der Waals surface area contributed by atoms with Crippen LogP contribution in [0, 0.1) is 11.8 Å². The first kappa shape index (κ1) is 19.4. The van der Waals surface area contributed by atoms with Gasteiger partial charge in [0.25, 0.3) is 0 Å². The van der Waals surface area contributed by atoms with Gasteiger partial charge in [0.05, 0.1) is 17.8 Å². The Hall–Kier alpha value is -1.34. The van der Waals surface area contributed by atoms with Gasteiger partial charge in [0.2, 0.25) is 0 Å². The number of aliphatic hydroxyl groups excluding tert-OH is 1. The highest BCUT2D eigenvalue weighted by Gasteiger charge is 2.40. The maximum atomic E-state index is 10.6. The number of hydrogen-bond acceptors (Lipinski definition) is 6. The zero-order valence-electron chi connectivity index (χ0n) is 15.6. The van der Waals surface area contributed by atoms with Crippen LogP contribution in [0.1, 0.15) is 46.5 Å². The average Bonchev–Trinajstić information content (AvgIpc) is 3.24. The lowest BCUT2D eigenvalue weighted by Crippen LogP contribution is -2.27. The number of rotatable bonds is 3. The molecule has 0 aromatic carbocycles. The highest BCUT2D eigenvalue weighted by molar-refractivity contribution is 5.74. The van der Waals surface area contributed by atoms with Crippen LogP contribution in [0.25, 0.3) is 0 Å². The lowest BCUT2D eigenvalue weighted by Gasteiger charge is -2.24. The maximum Gasteiger partial charge on any atom is 0.159 e. The van der Waals surface area contributed by atoms with Crippen LogP contribution in [-0.4, -0.2) is 48.1 Å². The molecule has 0 amide bonds. The van der Waals surface area contributed by atoms with E-state index in [9.17, 15) is 9.59 Å². The summed E-state index contributed by atoms with van der Waals surface area (Å²) in [5, 5.41) is 9.05. The second-order valence-corrected chi connectivity index (χ2v) is 8.39. The Morgan fingerprint density at radius 2 is 1.54 bits per heavy atom. The van der Waals surface area contributed by atoms with E-state index in [2.05, 4.69) is 0 Å². The van der Waals surface area contributed by atoms with Crippen molar-refractivity contribution in [2.45, 2.75) is 76.8 Å². The Balaban J connectivity index is 0.000000158. The zero-order valence-corrected chi connectivity index (χ0v) is 15.6. The zero-order chi connectivity index (χ0) is 18.9. The maximum absolute atomic E-state index is 10.6. The molecule has 4 rings (SSSR count). The second-order valence-electron chi connectivity index (χ2n) is 8.39. The summed E-state index contributed by atoms with van der Waals surface area (Å²) in [5.41, 5.74) is 1.52. The first-order valence-corrected chi connectivity index (χ1v) is 9.26. The standard InChI is InChI=1S/C12H18O3.C8H10O3/c1-12(2,3)15-11-6-9-4-8(7-13)5-10(9)14-11;9-4-5-1-6-3-8(10)11-7(6)2-5/h4,7,9-11H,5-6H2,1-3H3;1,4,6-8,10H,2-3H2/t9-,10-,11?;6-,7-,8?/m00/s1. The van der Waals surface area contributed by atoms with Crippen LogP contribution in [0.2, 0.25) is 0 Å². The molecule has 0 aromatic rings. The van der Waals surface area contributed by atoms with Crippen LogP contribution in [0.4, 0.5) is 0 Å². The number of hydrogen-bond donors (Lipinski definition) is 1. The number of aldehydes is 2. The van der Waals surface area contributed by atoms with E-state index in [0.29, 0.717) is 18.8 Å². The van der Waals surface area contributed by atoms with Crippen LogP contribution in [0.15, 0.2) is 23.3 Å². The topological polar surface area (TPSA) is 82.1 Å². The van der Waals surface area contributed by atoms with Crippen LogP contribution in [0.5, 0.6) is 0 Å². The van der Waals surface area contributed by atoms with E-state index in [1.165, 1.54) is 0 Å². The lowest BCUT2D eigenvalue weighted by atomic mass is 10.1. The molecule has 2 fully saturated rings. The Morgan fingerprint density at radius 1 is 1.00 bits per heavy atom. The van der Waals surface area contributed by atoms with Crippen LogP contribution < -0.4 is 0 Å². The summed E-state index contributed by atoms with van der Waals surface area (Å²) < 4.78 is 16.7. The molecule has 2 saturated heterocycles. The molecule has 0 spiro atoms. The predicted octanol–water partition coefficient (Wildman–Crippen LogP) is 2.30. The van der Waals surface area contributed by atoms with E-state index < -0.39 is 6.29 Å². The van der Waals surface area contributed by atoms with Crippen molar-refractivity contribution in [3.8, 4) is 0 Å². The summed E-state index contributed by atoms with van der Waals surface area (Å²) in [6.45, 7) is 6.07. The van der Waals surface area contributed by atoms with Gasteiger partial charge >= 0.3 is 0 Å². The van der Waals surface area contributed by atoms with Gasteiger partial charge in [-0.05, 0) is 31.9 Å². The van der Waals surface area contributed by atoms with Crippen molar-refractivity contribution in [3.63, 3.8) is 0 Å². The lowest BCUT2D eigenvalue weighted by molar-refractivity contribution is -0.186. The fraction of sp³-hybridized carbons (Fsp3) is 0.700. The molecule has 26 heavy (non-hydrogen) atoms. The van der Waals surface area contributed by atoms with Crippen LogP contribution in [0.3, 0.4) is 0 Å². The summed E-state index contributed by atoms with van der Waals surface area (Å²) in [4.78, 5) is 20.9. The Bertz CT molecular complexity index is 602. The molecular formula is C20H28O6. The number of aliphatic hydroxyl groups is 1. The monoisotopic (exact) mass is 364 g/mol. The number of carbonyl (C=O) groups is 2. The summed E-state index contributed by atoms with van der Waals surface area (Å²) >= 11 is 0. The number of ether oxygens (including phenoxy) is 3. The van der Waals surface area contributed by atoms with E-state index in [0.717, 1.165) is 36.6 Å². The molecule has 2 unspecified atom stereocenters. The highest BCUT2D eigenvalue weighted by atomic mass is 16.7. The summed E-state index contributed by atoms with van der Waals surface area (Å²) in [7, 11) is 0. The molecule has 0 saturated carbocycles. The van der Waals surface area contributed by atoms with Crippen molar-refractivity contribution in [1.82, 2.24) is 0 Å². The molecule has 2 aliphatic carbocycles. The Morgan fingerprint density at radius 3 is 2.00 bits per heavy atom. The molecule has 1 N–H and O–H groups in total. The first-order valence-electron chi connectivity index (χ1n) is 9.26. The largest absolute Gasteiger partial charge is 0.368 e.